The Morgan fingerprint density at radius 1 is 1.37 bits per heavy atom. The molecule has 0 spiro atoms. The van der Waals surface area contributed by atoms with Crippen molar-refractivity contribution in [3.63, 3.8) is 0 Å². The molecule has 112 valence electrons. The first-order valence-electron chi connectivity index (χ1n) is 6.82. The van der Waals surface area contributed by atoms with Gasteiger partial charge in [-0.3, -0.25) is 4.79 Å². The molecule has 1 rings (SSSR count). The lowest BCUT2D eigenvalue weighted by Crippen LogP contribution is -2.46. The van der Waals surface area contributed by atoms with Crippen molar-refractivity contribution in [1.29, 1.82) is 0 Å². The minimum absolute atomic E-state index is 0.0889. The second kappa shape index (κ2) is 6.70. The van der Waals surface area contributed by atoms with Gasteiger partial charge in [-0.2, -0.15) is 0 Å². The maximum absolute atomic E-state index is 12.3. The molecule has 1 aliphatic rings. The first-order valence-corrected chi connectivity index (χ1v) is 8.53. The van der Waals surface area contributed by atoms with Crippen LogP contribution in [0.3, 0.4) is 0 Å². The van der Waals surface area contributed by atoms with Gasteiger partial charge in [0.2, 0.25) is 0 Å². The van der Waals surface area contributed by atoms with Crippen molar-refractivity contribution < 1.29 is 17.9 Å². The van der Waals surface area contributed by atoms with Crippen molar-refractivity contribution in [3.8, 4) is 0 Å². The summed E-state index contributed by atoms with van der Waals surface area (Å²) in [5.41, 5.74) is 5.97. The average Bonchev–Trinajstić information content (AvgIpc) is 2.36. The molecule has 6 heteroatoms. The van der Waals surface area contributed by atoms with Crippen molar-refractivity contribution in [2.24, 2.45) is 17.6 Å². The quantitative estimate of drug-likeness (QED) is 0.767. The van der Waals surface area contributed by atoms with Crippen LogP contribution in [0.4, 0.5) is 0 Å². The topological polar surface area (TPSA) is 86.5 Å². The van der Waals surface area contributed by atoms with Crippen LogP contribution in [-0.4, -0.2) is 38.5 Å². The van der Waals surface area contributed by atoms with Gasteiger partial charge in [0, 0.05) is 6.04 Å². The van der Waals surface area contributed by atoms with Crippen LogP contribution in [0, 0.1) is 11.8 Å². The van der Waals surface area contributed by atoms with E-state index in [9.17, 15) is 13.2 Å². The smallest absolute Gasteiger partial charge is 0.306 e. The molecule has 0 aliphatic heterocycles. The SMILES string of the molecule is COC(=O)CCS(=O)(=O)C1CC(C(C)C)CCC1N. The predicted molar refractivity (Wildman–Crippen MR) is 74.4 cm³/mol. The Hall–Kier alpha value is -0.620. The van der Waals surface area contributed by atoms with E-state index in [4.69, 9.17) is 5.73 Å². The molecule has 0 radical (unpaired) electrons. The zero-order valence-electron chi connectivity index (χ0n) is 12.0. The molecule has 0 amide bonds. The Kier molecular flexibility index (Phi) is 5.80. The molecule has 0 aromatic carbocycles. The van der Waals surface area contributed by atoms with E-state index in [-0.39, 0.29) is 18.2 Å². The fraction of sp³-hybridized carbons (Fsp3) is 0.923. The van der Waals surface area contributed by atoms with Gasteiger partial charge in [-0.1, -0.05) is 13.8 Å². The molecule has 0 aromatic heterocycles. The van der Waals surface area contributed by atoms with Gasteiger partial charge < -0.3 is 10.5 Å². The average molecular weight is 291 g/mol. The summed E-state index contributed by atoms with van der Waals surface area (Å²) < 4.78 is 29.1. The summed E-state index contributed by atoms with van der Waals surface area (Å²) in [4.78, 5) is 11.1. The van der Waals surface area contributed by atoms with Gasteiger partial charge in [-0.05, 0) is 31.1 Å². The largest absolute Gasteiger partial charge is 0.469 e. The molecule has 5 nitrogen and oxygen atoms in total. The maximum atomic E-state index is 12.3. The summed E-state index contributed by atoms with van der Waals surface area (Å²) in [5.74, 6) is 0.208. The van der Waals surface area contributed by atoms with Gasteiger partial charge in [0.05, 0.1) is 24.5 Å². The third-order valence-electron chi connectivity index (χ3n) is 4.11. The van der Waals surface area contributed by atoms with Gasteiger partial charge in [-0.25, -0.2) is 8.42 Å². The van der Waals surface area contributed by atoms with Crippen LogP contribution in [0.25, 0.3) is 0 Å². The van der Waals surface area contributed by atoms with Gasteiger partial charge in [0.15, 0.2) is 9.84 Å². The molecule has 1 saturated carbocycles. The Morgan fingerprint density at radius 3 is 2.53 bits per heavy atom. The Bertz CT molecular complexity index is 405. The number of ether oxygens (including phenoxy) is 1. The molecule has 0 saturated heterocycles. The number of hydrogen-bond acceptors (Lipinski definition) is 5. The lowest BCUT2D eigenvalue weighted by atomic mass is 9.79. The van der Waals surface area contributed by atoms with E-state index in [0.717, 1.165) is 12.8 Å². The fourth-order valence-electron chi connectivity index (χ4n) is 2.68. The number of sulfone groups is 1. The number of esters is 1. The first-order chi connectivity index (χ1) is 8.77. The molecule has 1 fully saturated rings. The Balaban J connectivity index is 2.71. The molecule has 2 N–H and O–H groups in total. The van der Waals surface area contributed by atoms with Crippen molar-refractivity contribution in [2.45, 2.75) is 50.8 Å². The summed E-state index contributed by atoms with van der Waals surface area (Å²) in [6.07, 6.45) is 2.25. The van der Waals surface area contributed by atoms with Crippen LogP contribution in [0.5, 0.6) is 0 Å². The number of carbonyl (C=O) groups excluding carboxylic acids is 1. The highest BCUT2D eigenvalue weighted by atomic mass is 32.2. The van der Waals surface area contributed by atoms with Gasteiger partial charge >= 0.3 is 5.97 Å². The fourth-order valence-corrected chi connectivity index (χ4v) is 4.64. The van der Waals surface area contributed by atoms with Crippen molar-refractivity contribution >= 4 is 15.8 Å². The lowest BCUT2D eigenvalue weighted by molar-refractivity contribution is -0.140. The van der Waals surface area contributed by atoms with E-state index in [1.54, 1.807) is 0 Å². The van der Waals surface area contributed by atoms with Crippen LogP contribution in [0.1, 0.15) is 39.5 Å². The summed E-state index contributed by atoms with van der Waals surface area (Å²) in [7, 11) is -2.07. The first kappa shape index (κ1) is 16.4. The normalized spacial score (nSPS) is 28.4. The molecule has 0 bridgehead atoms. The van der Waals surface area contributed by atoms with Crippen molar-refractivity contribution in [1.82, 2.24) is 0 Å². The third kappa shape index (κ3) is 4.45. The van der Waals surface area contributed by atoms with Crippen LogP contribution in [-0.2, 0) is 19.4 Å². The highest BCUT2D eigenvalue weighted by Gasteiger charge is 2.37. The molecule has 1 aliphatic carbocycles. The minimum atomic E-state index is -3.33. The minimum Gasteiger partial charge on any atom is -0.469 e. The molecule has 3 atom stereocenters. The van der Waals surface area contributed by atoms with Gasteiger partial charge in [0.25, 0.3) is 0 Å². The van der Waals surface area contributed by atoms with E-state index in [0.29, 0.717) is 18.3 Å². The van der Waals surface area contributed by atoms with Crippen LogP contribution >= 0.6 is 0 Å². The van der Waals surface area contributed by atoms with E-state index >= 15 is 0 Å². The highest BCUT2D eigenvalue weighted by molar-refractivity contribution is 7.92. The van der Waals surface area contributed by atoms with Crippen LogP contribution in [0.15, 0.2) is 0 Å². The zero-order chi connectivity index (χ0) is 14.6. The summed E-state index contributed by atoms with van der Waals surface area (Å²) in [6.45, 7) is 4.22. The monoisotopic (exact) mass is 291 g/mol. The van der Waals surface area contributed by atoms with Crippen molar-refractivity contribution in [2.75, 3.05) is 12.9 Å². The summed E-state index contributed by atoms with van der Waals surface area (Å²) >= 11 is 0. The van der Waals surface area contributed by atoms with E-state index in [1.807, 2.05) is 0 Å². The maximum Gasteiger partial charge on any atom is 0.306 e. The van der Waals surface area contributed by atoms with Crippen LogP contribution < -0.4 is 5.73 Å². The number of methoxy groups -OCH3 is 1. The second-order valence-electron chi connectivity index (χ2n) is 5.71. The number of hydrogen-bond donors (Lipinski definition) is 1. The molecular formula is C13H25NO4S. The molecule has 19 heavy (non-hydrogen) atoms. The van der Waals surface area contributed by atoms with Crippen LogP contribution in [0.2, 0.25) is 0 Å². The predicted octanol–water partition coefficient (Wildman–Crippen LogP) is 1.12. The molecule has 0 aromatic rings. The highest BCUT2D eigenvalue weighted by Crippen LogP contribution is 2.33. The zero-order valence-corrected chi connectivity index (χ0v) is 12.8. The standard InChI is InChI=1S/C13H25NO4S/c1-9(2)10-4-5-11(14)12(8-10)19(16,17)7-6-13(15)18-3/h9-12H,4-8,14H2,1-3H3. The number of nitrogens with two attached hydrogens (primary N) is 1. The lowest BCUT2D eigenvalue weighted by Gasteiger charge is -2.35. The number of carbonyl (C=O) groups is 1. The van der Waals surface area contributed by atoms with Gasteiger partial charge in [-0.15, -0.1) is 0 Å². The Labute approximate surface area is 115 Å². The molecule has 0 heterocycles. The van der Waals surface area contributed by atoms with Crippen molar-refractivity contribution in [3.05, 3.63) is 0 Å². The molecule has 3 unspecified atom stereocenters. The second-order valence-corrected chi connectivity index (χ2v) is 8.05. The Morgan fingerprint density at radius 2 is 2.00 bits per heavy atom. The van der Waals surface area contributed by atoms with Gasteiger partial charge in [0.1, 0.15) is 0 Å². The van der Waals surface area contributed by atoms with E-state index in [1.165, 1.54) is 7.11 Å². The third-order valence-corrected chi connectivity index (χ3v) is 6.34. The van der Waals surface area contributed by atoms with E-state index < -0.39 is 21.1 Å². The molecular weight excluding hydrogens is 266 g/mol. The van der Waals surface area contributed by atoms with E-state index in [2.05, 4.69) is 18.6 Å². The summed E-state index contributed by atoms with van der Waals surface area (Å²) in [6, 6.07) is -0.308. The summed E-state index contributed by atoms with van der Waals surface area (Å²) in [5, 5.41) is -0.515. The number of rotatable bonds is 5.